The fraction of sp³-hybridized carbons (Fsp3) is 0.800. The lowest BCUT2D eigenvalue weighted by atomic mass is 10.1. The number of rotatable bonds is 32. The molecule has 0 radical (unpaired) electrons. The number of carbonyl (C=O) groups is 2. The molecule has 0 saturated heterocycles. The lowest BCUT2D eigenvalue weighted by Crippen LogP contribution is -2.35. The highest BCUT2D eigenvalue weighted by atomic mass is 16.6. The summed E-state index contributed by atoms with van der Waals surface area (Å²) in [6.45, 7) is 8.57. The van der Waals surface area contributed by atoms with E-state index in [2.05, 4.69) is 18.7 Å². The van der Waals surface area contributed by atoms with Crippen molar-refractivity contribution < 1.29 is 33.3 Å². The van der Waals surface area contributed by atoms with E-state index in [-0.39, 0.29) is 41.3 Å². The Balaban J connectivity index is 2.68. The van der Waals surface area contributed by atoms with Gasteiger partial charge in [0, 0.05) is 26.6 Å². The largest absolute Gasteiger partial charge is 0.493 e. The Hall–Kier alpha value is -2.36. The molecule has 0 saturated carbocycles. The number of methoxy groups -OCH3 is 3. The van der Waals surface area contributed by atoms with Crippen molar-refractivity contribution in [3.05, 3.63) is 17.7 Å². The Morgan fingerprint density at radius 3 is 1.73 bits per heavy atom. The van der Waals surface area contributed by atoms with Crippen LogP contribution in [-0.4, -0.2) is 96.1 Å². The van der Waals surface area contributed by atoms with Crippen molar-refractivity contribution in [2.75, 3.05) is 68.2 Å². The molecule has 0 aliphatic heterocycles. The third-order valence-electron chi connectivity index (χ3n) is 9.00. The van der Waals surface area contributed by atoms with Crippen LogP contribution in [0, 0.1) is 0 Å². The van der Waals surface area contributed by atoms with E-state index in [1.807, 2.05) is 26.1 Å². The molecule has 1 unspecified atom stereocenters. The minimum absolute atomic E-state index is 0.174. The molecule has 0 amide bonds. The predicted octanol–water partition coefficient (Wildman–Crippen LogP) is 9.10. The molecule has 1 atom stereocenters. The van der Waals surface area contributed by atoms with E-state index >= 15 is 0 Å². The van der Waals surface area contributed by atoms with Crippen molar-refractivity contribution in [3.8, 4) is 17.2 Å². The molecule has 9 nitrogen and oxygen atoms in total. The number of benzene rings is 1. The average Bonchev–Trinajstić information content (AvgIpc) is 3.09. The van der Waals surface area contributed by atoms with Crippen LogP contribution in [0.4, 0.5) is 0 Å². The van der Waals surface area contributed by atoms with Crippen LogP contribution in [0.15, 0.2) is 12.1 Å². The van der Waals surface area contributed by atoms with Crippen LogP contribution in [0.25, 0.3) is 0 Å². The van der Waals surface area contributed by atoms with Gasteiger partial charge in [0.2, 0.25) is 5.75 Å². The van der Waals surface area contributed by atoms with Crippen LogP contribution in [0.5, 0.6) is 17.2 Å². The van der Waals surface area contributed by atoms with Gasteiger partial charge in [-0.05, 0) is 71.4 Å². The fourth-order valence-corrected chi connectivity index (χ4v) is 5.98. The fourth-order valence-electron chi connectivity index (χ4n) is 5.98. The summed E-state index contributed by atoms with van der Waals surface area (Å²) < 4.78 is 28.0. The molecule has 0 N–H and O–H groups in total. The van der Waals surface area contributed by atoms with Crippen molar-refractivity contribution in [1.29, 1.82) is 0 Å². The van der Waals surface area contributed by atoms with Crippen LogP contribution < -0.4 is 14.2 Å². The van der Waals surface area contributed by atoms with Gasteiger partial charge in [-0.2, -0.15) is 0 Å². The Morgan fingerprint density at radius 2 is 1.20 bits per heavy atom. The van der Waals surface area contributed by atoms with Crippen molar-refractivity contribution in [1.82, 2.24) is 9.80 Å². The molecular weight excluding hydrogens is 620 g/mol. The standard InChI is InChI=1S/C40H72N2O7/c1-8-10-12-14-16-17-19-22-28-42(33-35(45-5)25-20-18-15-13-11-9-2)29-23-21-26-38(43)49-39-36(46-6)31-34(32-37(39)47-7)40(44)48-30-24-27-41(3)4/h31-32,35H,8-30,33H2,1-7H3. The highest BCUT2D eigenvalue weighted by Gasteiger charge is 2.21. The zero-order chi connectivity index (χ0) is 36.1. The number of carbonyl (C=O) groups excluding carboxylic acids is 2. The molecule has 1 rings (SSSR count). The van der Waals surface area contributed by atoms with Gasteiger partial charge in [0.1, 0.15) is 0 Å². The van der Waals surface area contributed by atoms with Crippen molar-refractivity contribution in [2.45, 2.75) is 142 Å². The second kappa shape index (κ2) is 29.4. The molecule has 1 aromatic carbocycles. The first-order chi connectivity index (χ1) is 23.8. The molecule has 49 heavy (non-hydrogen) atoms. The number of ether oxygens (including phenoxy) is 5. The van der Waals surface area contributed by atoms with Crippen LogP contribution in [0.1, 0.15) is 146 Å². The van der Waals surface area contributed by atoms with Gasteiger partial charge < -0.3 is 33.5 Å². The van der Waals surface area contributed by atoms with Gasteiger partial charge in [-0.1, -0.05) is 97.3 Å². The minimum Gasteiger partial charge on any atom is -0.493 e. The van der Waals surface area contributed by atoms with Gasteiger partial charge in [-0.15, -0.1) is 0 Å². The summed E-state index contributed by atoms with van der Waals surface area (Å²) in [7, 11) is 8.73. The topological polar surface area (TPSA) is 86.8 Å². The van der Waals surface area contributed by atoms with Crippen LogP contribution in [0.2, 0.25) is 0 Å². The molecule has 1 aromatic rings. The molecular formula is C40H72N2O7. The van der Waals surface area contributed by atoms with Crippen LogP contribution in [-0.2, 0) is 14.3 Å². The minimum atomic E-state index is -0.479. The number of unbranched alkanes of at least 4 members (excludes halogenated alkanes) is 13. The smallest absolute Gasteiger partial charge is 0.338 e. The highest BCUT2D eigenvalue weighted by molar-refractivity contribution is 5.91. The van der Waals surface area contributed by atoms with Crippen molar-refractivity contribution in [3.63, 3.8) is 0 Å². The number of hydrogen-bond donors (Lipinski definition) is 0. The maximum absolute atomic E-state index is 13.0. The van der Waals surface area contributed by atoms with E-state index in [0.717, 1.165) is 45.4 Å². The van der Waals surface area contributed by atoms with Gasteiger partial charge in [0.05, 0.1) is 32.5 Å². The maximum atomic E-state index is 13.0. The monoisotopic (exact) mass is 693 g/mol. The van der Waals surface area contributed by atoms with Gasteiger partial charge in [-0.25, -0.2) is 4.79 Å². The van der Waals surface area contributed by atoms with E-state index in [4.69, 9.17) is 23.7 Å². The molecule has 0 heterocycles. The van der Waals surface area contributed by atoms with Crippen molar-refractivity contribution in [2.24, 2.45) is 0 Å². The van der Waals surface area contributed by atoms with E-state index in [1.54, 1.807) is 0 Å². The van der Waals surface area contributed by atoms with Gasteiger partial charge in [0.15, 0.2) is 11.5 Å². The molecule has 0 spiro atoms. The third-order valence-corrected chi connectivity index (χ3v) is 9.00. The summed E-state index contributed by atoms with van der Waals surface area (Å²) in [4.78, 5) is 30.2. The molecule has 9 heteroatoms. The Kier molecular flexibility index (Phi) is 26.8. The van der Waals surface area contributed by atoms with E-state index in [0.29, 0.717) is 13.0 Å². The Labute approximate surface area is 299 Å². The SMILES string of the molecule is CCCCCCCCCCN(CCCCC(=O)Oc1c(OC)cc(C(=O)OCCCN(C)C)cc1OC)CC(CCCCCCCC)OC. The Morgan fingerprint density at radius 1 is 0.673 bits per heavy atom. The van der Waals surface area contributed by atoms with Gasteiger partial charge >= 0.3 is 11.9 Å². The van der Waals surface area contributed by atoms with E-state index in [1.165, 1.54) is 116 Å². The van der Waals surface area contributed by atoms with Crippen LogP contribution in [0.3, 0.4) is 0 Å². The van der Waals surface area contributed by atoms with Crippen LogP contribution >= 0.6 is 0 Å². The first-order valence-corrected chi connectivity index (χ1v) is 19.3. The average molecular weight is 693 g/mol. The zero-order valence-corrected chi connectivity index (χ0v) is 32.5. The first kappa shape index (κ1) is 44.7. The van der Waals surface area contributed by atoms with Gasteiger partial charge in [-0.3, -0.25) is 4.79 Å². The normalized spacial score (nSPS) is 12.0. The third kappa shape index (κ3) is 21.5. The maximum Gasteiger partial charge on any atom is 0.338 e. The highest BCUT2D eigenvalue weighted by Crippen LogP contribution is 2.39. The lowest BCUT2D eigenvalue weighted by molar-refractivity contribution is -0.134. The summed E-state index contributed by atoms with van der Waals surface area (Å²) in [5.74, 6) is -0.162. The summed E-state index contributed by atoms with van der Waals surface area (Å²) in [5, 5.41) is 0. The lowest BCUT2D eigenvalue weighted by Gasteiger charge is -2.27. The number of nitrogens with zero attached hydrogens (tertiary/aromatic N) is 2. The van der Waals surface area contributed by atoms with E-state index in [9.17, 15) is 9.59 Å². The molecule has 0 aromatic heterocycles. The molecule has 0 aliphatic carbocycles. The molecule has 284 valence electrons. The quantitative estimate of drug-likeness (QED) is 0.0417. The second-order valence-corrected chi connectivity index (χ2v) is 13.6. The molecule has 0 fully saturated rings. The Bertz CT molecular complexity index is 962. The number of esters is 2. The summed E-state index contributed by atoms with van der Waals surface area (Å²) in [5.41, 5.74) is 0.279. The number of hydrogen-bond acceptors (Lipinski definition) is 9. The van der Waals surface area contributed by atoms with Gasteiger partial charge in [0.25, 0.3) is 0 Å². The summed E-state index contributed by atoms with van der Waals surface area (Å²) in [6.07, 6.45) is 22.1. The van der Waals surface area contributed by atoms with Crippen molar-refractivity contribution >= 4 is 11.9 Å². The summed E-state index contributed by atoms with van der Waals surface area (Å²) >= 11 is 0. The predicted molar refractivity (Wildman–Crippen MR) is 200 cm³/mol. The first-order valence-electron chi connectivity index (χ1n) is 19.3. The summed E-state index contributed by atoms with van der Waals surface area (Å²) in [6, 6.07) is 3.06. The molecule has 0 bridgehead atoms. The van der Waals surface area contributed by atoms with E-state index < -0.39 is 5.97 Å². The zero-order valence-electron chi connectivity index (χ0n) is 32.5. The molecule has 0 aliphatic rings. The second-order valence-electron chi connectivity index (χ2n) is 13.6.